The Hall–Kier alpha value is -3.94. The summed E-state index contributed by atoms with van der Waals surface area (Å²) >= 11 is 0. The molecule has 0 saturated heterocycles. The predicted octanol–water partition coefficient (Wildman–Crippen LogP) is 1.28. The van der Waals surface area contributed by atoms with E-state index in [1.165, 1.54) is 17.9 Å². The van der Waals surface area contributed by atoms with Crippen LogP contribution < -0.4 is 15.8 Å². The largest absolute Gasteiger partial charge is 0.480 e. The van der Waals surface area contributed by atoms with Crippen LogP contribution in [-0.2, 0) is 16.0 Å². The van der Waals surface area contributed by atoms with E-state index < -0.39 is 23.6 Å². The number of carbonyl (C=O) groups excluding carboxylic acids is 3. The molecule has 8 heteroatoms. The van der Waals surface area contributed by atoms with E-state index in [1.807, 2.05) is 12.1 Å². The molecule has 3 N–H and O–H groups in total. The van der Waals surface area contributed by atoms with Crippen molar-refractivity contribution in [3.05, 3.63) is 78.0 Å². The van der Waals surface area contributed by atoms with E-state index in [9.17, 15) is 14.4 Å². The van der Waals surface area contributed by atoms with Gasteiger partial charge in [-0.1, -0.05) is 48.5 Å². The van der Waals surface area contributed by atoms with Crippen LogP contribution in [0.4, 0.5) is 0 Å². The van der Waals surface area contributed by atoms with Gasteiger partial charge in [-0.05, 0) is 17.7 Å². The minimum absolute atomic E-state index is 0.130. The van der Waals surface area contributed by atoms with Gasteiger partial charge in [-0.15, -0.1) is 5.10 Å². The Morgan fingerprint density at radius 1 is 1.07 bits per heavy atom. The number of ketones is 1. The number of ether oxygens (including phenoxy) is 1. The van der Waals surface area contributed by atoms with Crippen molar-refractivity contribution in [2.75, 3.05) is 7.11 Å². The second-order valence-corrected chi connectivity index (χ2v) is 6.26. The topological polar surface area (TPSA) is 116 Å². The van der Waals surface area contributed by atoms with Crippen LogP contribution in [0.25, 0.3) is 5.69 Å². The SMILES string of the molecule is COc1cc(C(=O)NC(Cc2ccccc2)C(=O)C(N)=O)n(-c2ccccc2)n1. The number of methoxy groups -OCH3 is 1. The van der Waals surface area contributed by atoms with Crippen molar-refractivity contribution in [3.8, 4) is 11.6 Å². The molecular weight excluding hydrogens is 372 g/mol. The van der Waals surface area contributed by atoms with Gasteiger partial charge in [0.2, 0.25) is 11.7 Å². The van der Waals surface area contributed by atoms with Crippen LogP contribution >= 0.6 is 0 Å². The van der Waals surface area contributed by atoms with Crippen molar-refractivity contribution in [2.45, 2.75) is 12.5 Å². The molecule has 0 fully saturated rings. The highest BCUT2D eigenvalue weighted by Crippen LogP contribution is 2.17. The summed E-state index contributed by atoms with van der Waals surface area (Å²) in [7, 11) is 1.44. The van der Waals surface area contributed by atoms with Crippen LogP contribution in [-0.4, -0.2) is 40.5 Å². The van der Waals surface area contributed by atoms with Crippen LogP contribution in [0.15, 0.2) is 66.7 Å². The molecule has 1 unspecified atom stereocenters. The Kier molecular flexibility index (Phi) is 6.03. The fourth-order valence-electron chi connectivity index (χ4n) is 2.85. The van der Waals surface area contributed by atoms with Gasteiger partial charge >= 0.3 is 0 Å². The molecule has 0 aliphatic carbocycles. The van der Waals surface area contributed by atoms with E-state index in [-0.39, 0.29) is 18.0 Å². The lowest BCUT2D eigenvalue weighted by Crippen LogP contribution is -2.47. The standard InChI is InChI=1S/C21H20N4O4/c1-29-18-13-17(25(24-18)15-10-6-3-7-11-15)21(28)23-16(19(26)20(22)27)12-14-8-4-2-5-9-14/h2-11,13,16H,12H2,1H3,(H2,22,27)(H,23,28). The van der Waals surface area contributed by atoms with E-state index in [4.69, 9.17) is 10.5 Å². The maximum absolute atomic E-state index is 13.0. The minimum Gasteiger partial charge on any atom is -0.480 e. The first-order valence-electron chi connectivity index (χ1n) is 8.87. The van der Waals surface area contributed by atoms with E-state index >= 15 is 0 Å². The second kappa shape index (κ2) is 8.83. The van der Waals surface area contributed by atoms with E-state index in [2.05, 4.69) is 10.4 Å². The molecule has 1 heterocycles. The highest BCUT2D eigenvalue weighted by atomic mass is 16.5. The van der Waals surface area contributed by atoms with Crippen molar-refractivity contribution in [2.24, 2.45) is 5.73 Å². The molecular formula is C21H20N4O4. The maximum atomic E-state index is 13.0. The number of para-hydroxylation sites is 1. The van der Waals surface area contributed by atoms with Gasteiger partial charge in [0.1, 0.15) is 11.7 Å². The molecule has 0 aliphatic rings. The van der Waals surface area contributed by atoms with Crippen molar-refractivity contribution in [1.82, 2.24) is 15.1 Å². The van der Waals surface area contributed by atoms with Crippen LogP contribution in [0.1, 0.15) is 16.1 Å². The number of nitrogens with two attached hydrogens (primary N) is 1. The molecule has 0 radical (unpaired) electrons. The molecule has 8 nitrogen and oxygen atoms in total. The van der Waals surface area contributed by atoms with Crippen molar-refractivity contribution in [1.29, 1.82) is 0 Å². The van der Waals surface area contributed by atoms with Crippen LogP contribution in [0.2, 0.25) is 0 Å². The minimum atomic E-state index is -1.11. The fraction of sp³-hybridized carbons (Fsp3) is 0.143. The second-order valence-electron chi connectivity index (χ2n) is 6.26. The molecule has 1 aromatic heterocycles. The van der Waals surface area contributed by atoms with Gasteiger partial charge in [0.25, 0.3) is 11.8 Å². The number of amides is 2. The van der Waals surface area contributed by atoms with Gasteiger partial charge in [-0.25, -0.2) is 4.68 Å². The number of rotatable bonds is 8. The monoisotopic (exact) mass is 392 g/mol. The molecule has 2 amide bonds. The molecule has 3 aromatic rings. The van der Waals surface area contributed by atoms with E-state index in [0.717, 1.165) is 5.56 Å². The third kappa shape index (κ3) is 4.67. The van der Waals surface area contributed by atoms with Gasteiger partial charge in [0, 0.05) is 12.5 Å². The number of nitrogens with zero attached hydrogens (tertiary/aromatic N) is 2. The summed E-state index contributed by atoms with van der Waals surface area (Å²) < 4.78 is 6.55. The summed E-state index contributed by atoms with van der Waals surface area (Å²) in [5.41, 5.74) is 6.75. The number of benzene rings is 2. The summed E-state index contributed by atoms with van der Waals surface area (Å²) in [4.78, 5) is 36.7. The zero-order valence-electron chi connectivity index (χ0n) is 15.7. The van der Waals surface area contributed by atoms with Gasteiger partial charge < -0.3 is 15.8 Å². The van der Waals surface area contributed by atoms with Gasteiger partial charge in [-0.2, -0.15) is 0 Å². The summed E-state index contributed by atoms with van der Waals surface area (Å²) in [5.74, 6) is -2.33. The molecule has 3 rings (SSSR count). The third-order valence-corrected chi connectivity index (χ3v) is 4.28. The highest BCUT2D eigenvalue weighted by molar-refractivity contribution is 6.38. The van der Waals surface area contributed by atoms with Crippen molar-refractivity contribution in [3.63, 3.8) is 0 Å². The van der Waals surface area contributed by atoms with Gasteiger partial charge in [-0.3, -0.25) is 14.4 Å². The fourth-order valence-corrected chi connectivity index (χ4v) is 2.85. The van der Waals surface area contributed by atoms with Gasteiger partial charge in [0.15, 0.2) is 0 Å². The maximum Gasteiger partial charge on any atom is 0.287 e. The predicted molar refractivity (Wildman–Crippen MR) is 106 cm³/mol. The number of hydrogen-bond acceptors (Lipinski definition) is 5. The third-order valence-electron chi connectivity index (χ3n) is 4.28. The number of Topliss-reactive ketones (excluding diaryl/α,β-unsaturated/α-hetero) is 1. The summed E-state index contributed by atoms with van der Waals surface area (Å²) in [6.07, 6.45) is 0.130. The Balaban J connectivity index is 1.90. The number of nitrogens with one attached hydrogen (secondary N) is 1. The Morgan fingerprint density at radius 3 is 2.28 bits per heavy atom. The number of primary amides is 1. The summed E-state index contributed by atoms with van der Waals surface area (Å²) in [5, 5.41) is 6.85. The Bertz CT molecular complexity index is 1020. The number of carbonyl (C=O) groups is 3. The summed E-state index contributed by atoms with van der Waals surface area (Å²) in [6.45, 7) is 0. The first-order chi connectivity index (χ1) is 14.0. The average Bonchev–Trinajstić information content (AvgIpc) is 3.19. The quantitative estimate of drug-likeness (QED) is 0.560. The number of hydrogen-bond donors (Lipinski definition) is 2. The van der Waals surface area contributed by atoms with Crippen LogP contribution in [0.5, 0.6) is 5.88 Å². The molecule has 29 heavy (non-hydrogen) atoms. The molecule has 0 spiro atoms. The zero-order valence-corrected chi connectivity index (χ0v) is 15.7. The Labute approximate surface area is 167 Å². The Morgan fingerprint density at radius 2 is 1.69 bits per heavy atom. The van der Waals surface area contributed by atoms with Crippen molar-refractivity contribution < 1.29 is 19.1 Å². The lowest BCUT2D eigenvalue weighted by molar-refractivity contribution is -0.137. The van der Waals surface area contributed by atoms with Gasteiger partial charge in [0.05, 0.1) is 12.8 Å². The molecule has 148 valence electrons. The first-order valence-corrected chi connectivity index (χ1v) is 8.87. The average molecular weight is 392 g/mol. The number of aromatic nitrogens is 2. The van der Waals surface area contributed by atoms with E-state index in [1.54, 1.807) is 48.5 Å². The van der Waals surface area contributed by atoms with Crippen LogP contribution in [0, 0.1) is 0 Å². The smallest absolute Gasteiger partial charge is 0.287 e. The normalized spacial score (nSPS) is 11.5. The molecule has 0 saturated carbocycles. The lowest BCUT2D eigenvalue weighted by atomic mass is 10.0. The zero-order chi connectivity index (χ0) is 20.8. The van der Waals surface area contributed by atoms with Crippen molar-refractivity contribution >= 4 is 17.6 Å². The molecule has 2 aromatic carbocycles. The van der Waals surface area contributed by atoms with E-state index in [0.29, 0.717) is 5.69 Å². The summed E-state index contributed by atoms with van der Waals surface area (Å²) in [6, 6.07) is 18.4. The molecule has 0 bridgehead atoms. The highest BCUT2D eigenvalue weighted by Gasteiger charge is 2.27. The molecule has 0 aliphatic heterocycles. The van der Waals surface area contributed by atoms with Crippen LogP contribution in [0.3, 0.4) is 0 Å². The first kappa shape index (κ1) is 19.8. The lowest BCUT2D eigenvalue weighted by Gasteiger charge is -2.17. The molecule has 1 atom stereocenters.